The van der Waals surface area contributed by atoms with Crippen LogP contribution in [0.1, 0.15) is 100 Å². The molecule has 4 rings (SSSR count). The number of aliphatic carboxylic acids is 1. The number of amides is 2. The Balaban J connectivity index is 1.68. The molecule has 1 unspecified atom stereocenters. The highest BCUT2D eigenvalue weighted by molar-refractivity contribution is 6.48. The minimum absolute atomic E-state index is 0.0591. The highest BCUT2D eigenvalue weighted by atomic mass is 35.5. The normalized spacial score (nSPS) is 21.6. The van der Waals surface area contributed by atoms with Crippen LogP contribution in [0.2, 0.25) is 10.0 Å². The van der Waals surface area contributed by atoms with Crippen molar-refractivity contribution in [2.45, 2.75) is 84.3 Å². The van der Waals surface area contributed by atoms with E-state index in [9.17, 15) is 14.4 Å². The van der Waals surface area contributed by atoms with Gasteiger partial charge in [0.2, 0.25) is 0 Å². The molecular weight excluding hydrogens is 561 g/mol. The number of nitrogens with one attached hydrogen (secondary N) is 1. The van der Waals surface area contributed by atoms with E-state index in [1.54, 1.807) is 30.3 Å². The van der Waals surface area contributed by atoms with Gasteiger partial charge in [0, 0.05) is 17.7 Å². The van der Waals surface area contributed by atoms with E-state index in [2.05, 4.69) is 33.0 Å². The van der Waals surface area contributed by atoms with E-state index in [0.717, 1.165) is 44.1 Å². The van der Waals surface area contributed by atoms with E-state index < -0.39 is 11.6 Å². The van der Waals surface area contributed by atoms with Crippen molar-refractivity contribution in [2.75, 3.05) is 6.54 Å². The first-order valence-electron chi connectivity index (χ1n) is 14.3. The molecule has 1 aliphatic heterocycles. The smallest absolute Gasteiger partial charge is 0.305 e. The van der Waals surface area contributed by atoms with E-state index >= 15 is 0 Å². The van der Waals surface area contributed by atoms with Gasteiger partial charge in [0.25, 0.3) is 11.8 Å². The van der Waals surface area contributed by atoms with Crippen LogP contribution in [0.15, 0.2) is 47.5 Å². The first-order valence-corrected chi connectivity index (χ1v) is 15.1. The SMILES string of the molecule is CCCC(c1ccc(C(=O)NCCC(=O)O)cc1)N1C(=O)C(c2ccc(Cl)c(Cl)c2)=NC12CCC(C(C)(C)C)CC2. The summed E-state index contributed by atoms with van der Waals surface area (Å²) in [5.74, 6) is -0.875. The van der Waals surface area contributed by atoms with E-state index in [-0.39, 0.29) is 36.2 Å². The molecule has 0 bridgehead atoms. The van der Waals surface area contributed by atoms with Crippen molar-refractivity contribution in [1.29, 1.82) is 0 Å². The lowest BCUT2D eigenvalue weighted by Gasteiger charge is -2.47. The fourth-order valence-corrected chi connectivity index (χ4v) is 6.43. The summed E-state index contributed by atoms with van der Waals surface area (Å²) < 4.78 is 0. The Hall–Kier alpha value is -2.90. The molecule has 2 amide bonds. The summed E-state index contributed by atoms with van der Waals surface area (Å²) in [5.41, 5.74) is 1.96. The predicted octanol–water partition coefficient (Wildman–Crippen LogP) is 7.30. The average molecular weight is 601 g/mol. The summed E-state index contributed by atoms with van der Waals surface area (Å²) in [6.07, 6.45) is 4.95. The highest BCUT2D eigenvalue weighted by Crippen LogP contribution is 2.50. The van der Waals surface area contributed by atoms with E-state index in [1.807, 2.05) is 17.0 Å². The maximum Gasteiger partial charge on any atom is 0.305 e. The standard InChI is InChI=1S/C32H39Cl2N3O4/c1-5-6-26(20-7-9-21(10-8-20)29(40)35-18-15-27(38)39)37-30(41)28(22-11-12-24(33)25(34)19-22)36-32(37)16-13-23(14-17-32)31(2,3)4/h7-12,19,23,26H,5-6,13-18H2,1-4H3,(H,35,40)(H,38,39). The first-order chi connectivity index (χ1) is 19.4. The molecule has 0 aromatic heterocycles. The molecule has 2 aliphatic rings. The van der Waals surface area contributed by atoms with Crippen molar-refractivity contribution < 1.29 is 19.5 Å². The van der Waals surface area contributed by atoms with Crippen molar-refractivity contribution in [1.82, 2.24) is 10.2 Å². The largest absolute Gasteiger partial charge is 0.481 e. The van der Waals surface area contributed by atoms with Crippen molar-refractivity contribution in [3.05, 3.63) is 69.2 Å². The van der Waals surface area contributed by atoms with Gasteiger partial charge in [0.1, 0.15) is 11.4 Å². The third-order valence-electron chi connectivity index (χ3n) is 8.45. The molecule has 7 nitrogen and oxygen atoms in total. The lowest BCUT2D eigenvalue weighted by Crippen LogP contribution is -2.51. The quantitative estimate of drug-likeness (QED) is 0.316. The number of carbonyl (C=O) groups excluding carboxylic acids is 2. The van der Waals surface area contributed by atoms with E-state index in [0.29, 0.717) is 32.8 Å². The molecule has 1 fully saturated rings. The van der Waals surface area contributed by atoms with Gasteiger partial charge >= 0.3 is 5.97 Å². The van der Waals surface area contributed by atoms with Gasteiger partial charge in [-0.05, 0) is 73.3 Å². The van der Waals surface area contributed by atoms with Crippen LogP contribution in [0, 0.1) is 11.3 Å². The van der Waals surface area contributed by atoms with Gasteiger partial charge in [0.05, 0.1) is 22.5 Å². The van der Waals surface area contributed by atoms with E-state index in [4.69, 9.17) is 33.3 Å². The number of rotatable bonds is 9. The molecule has 1 saturated carbocycles. The van der Waals surface area contributed by atoms with Gasteiger partial charge in [-0.25, -0.2) is 0 Å². The fraction of sp³-hybridized carbons (Fsp3) is 0.500. The number of halogens is 2. The Bertz CT molecular complexity index is 1330. The lowest BCUT2D eigenvalue weighted by molar-refractivity contribution is -0.137. The minimum atomic E-state index is -0.966. The molecule has 2 N–H and O–H groups in total. The number of nitrogens with zero attached hydrogens (tertiary/aromatic N) is 2. The van der Waals surface area contributed by atoms with Crippen LogP contribution in [-0.4, -0.2) is 45.7 Å². The van der Waals surface area contributed by atoms with Gasteiger partial charge in [-0.3, -0.25) is 19.4 Å². The third-order valence-corrected chi connectivity index (χ3v) is 9.19. The molecule has 2 aromatic carbocycles. The Morgan fingerprint density at radius 1 is 1.10 bits per heavy atom. The number of carbonyl (C=O) groups is 3. The monoisotopic (exact) mass is 599 g/mol. The van der Waals surface area contributed by atoms with Gasteiger partial charge in [-0.1, -0.05) is 75.5 Å². The van der Waals surface area contributed by atoms with Crippen LogP contribution in [-0.2, 0) is 9.59 Å². The average Bonchev–Trinajstić information content (AvgIpc) is 3.19. The lowest BCUT2D eigenvalue weighted by atomic mass is 9.69. The molecule has 1 atom stereocenters. The molecule has 220 valence electrons. The summed E-state index contributed by atoms with van der Waals surface area (Å²) >= 11 is 12.5. The number of hydrogen-bond acceptors (Lipinski definition) is 4. The Morgan fingerprint density at radius 2 is 1.76 bits per heavy atom. The number of benzene rings is 2. The predicted molar refractivity (Wildman–Crippen MR) is 163 cm³/mol. The van der Waals surface area contributed by atoms with Crippen LogP contribution < -0.4 is 5.32 Å². The summed E-state index contributed by atoms with van der Waals surface area (Å²) in [6, 6.07) is 12.2. The van der Waals surface area contributed by atoms with Crippen molar-refractivity contribution in [3.63, 3.8) is 0 Å². The molecule has 1 spiro atoms. The van der Waals surface area contributed by atoms with E-state index in [1.165, 1.54) is 0 Å². The number of hydrogen-bond donors (Lipinski definition) is 2. The van der Waals surface area contributed by atoms with Crippen LogP contribution in [0.5, 0.6) is 0 Å². The van der Waals surface area contributed by atoms with Gasteiger partial charge in [-0.2, -0.15) is 0 Å². The van der Waals surface area contributed by atoms with Crippen molar-refractivity contribution in [3.8, 4) is 0 Å². The maximum absolute atomic E-state index is 14.3. The molecule has 1 heterocycles. The van der Waals surface area contributed by atoms with Crippen LogP contribution >= 0.6 is 23.2 Å². The molecule has 9 heteroatoms. The zero-order chi connectivity index (χ0) is 29.9. The van der Waals surface area contributed by atoms with Gasteiger partial charge < -0.3 is 15.3 Å². The molecule has 0 saturated heterocycles. The fourth-order valence-electron chi connectivity index (χ4n) is 6.13. The Kier molecular flexibility index (Phi) is 9.49. The highest BCUT2D eigenvalue weighted by Gasteiger charge is 2.52. The summed E-state index contributed by atoms with van der Waals surface area (Å²) in [6.45, 7) is 8.98. The molecule has 2 aromatic rings. The second-order valence-corrected chi connectivity index (χ2v) is 13.0. The summed E-state index contributed by atoms with van der Waals surface area (Å²) in [4.78, 5) is 44.8. The van der Waals surface area contributed by atoms with Crippen LogP contribution in [0.3, 0.4) is 0 Å². The molecule has 0 radical (unpaired) electrons. The second kappa shape index (κ2) is 12.5. The minimum Gasteiger partial charge on any atom is -0.481 e. The van der Waals surface area contributed by atoms with Crippen molar-refractivity contribution in [2.24, 2.45) is 16.3 Å². The summed E-state index contributed by atoms with van der Waals surface area (Å²) in [5, 5.41) is 12.3. The zero-order valence-electron chi connectivity index (χ0n) is 24.2. The number of carboxylic acid groups (broad SMARTS) is 1. The van der Waals surface area contributed by atoms with Gasteiger partial charge in [0.15, 0.2) is 0 Å². The first kappa shape index (κ1) is 31.0. The van der Waals surface area contributed by atoms with Gasteiger partial charge in [-0.15, -0.1) is 0 Å². The molecule has 41 heavy (non-hydrogen) atoms. The zero-order valence-corrected chi connectivity index (χ0v) is 25.7. The second-order valence-electron chi connectivity index (χ2n) is 12.2. The third kappa shape index (κ3) is 6.78. The molecule has 1 aliphatic carbocycles. The van der Waals surface area contributed by atoms with Crippen molar-refractivity contribution >= 4 is 46.7 Å². The Labute approximate surface area is 252 Å². The topological polar surface area (TPSA) is 99.1 Å². The summed E-state index contributed by atoms with van der Waals surface area (Å²) in [7, 11) is 0. The molecular formula is C32H39Cl2N3O4. The number of carboxylic acids is 1. The van der Waals surface area contributed by atoms with Crippen LogP contribution in [0.25, 0.3) is 0 Å². The van der Waals surface area contributed by atoms with Crippen LogP contribution in [0.4, 0.5) is 0 Å². The Morgan fingerprint density at radius 3 is 2.32 bits per heavy atom. The maximum atomic E-state index is 14.3. The number of aliphatic imine (C=N–C) groups is 1.